The third-order valence-corrected chi connectivity index (χ3v) is 11.4. The Labute approximate surface area is 341 Å². The van der Waals surface area contributed by atoms with E-state index in [0.717, 1.165) is 56.5 Å². The van der Waals surface area contributed by atoms with Gasteiger partial charge in [-0.2, -0.15) is 0 Å². The first kappa shape index (κ1) is 36.9. The highest BCUT2D eigenvalue weighted by atomic mass is 15.2. The maximum Gasteiger partial charge on any atom is 0.145 e. The largest absolute Gasteiger partial charge is 0.310 e. The molecule has 0 aliphatic carbocycles. The zero-order valence-corrected chi connectivity index (χ0v) is 34.1. The highest BCUT2D eigenvalue weighted by molar-refractivity contribution is 6.13. The lowest BCUT2D eigenvalue weighted by atomic mass is 9.87. The van der Waals surface area contributed by atoms with Gasteiger partial charge >= 0.3 is 0 Å². The molecule has 0 unspecified atom stereocenters. The molecule has 0 aliphatic heterocycles. The summed E-state index contributed by atoms with van der Waals surface area (Å²) in [5.41, 5.74) is 13.7. The number of para-hydroxylation sites is 3. The van der Waals surface area contributed by atoms with Crippen molar-refractivity contribution >= 4 is 61.6 Å². The van der Waals surface area contributed by atoms with Gasteiger partial charge in [0.05, 0.1) is 17.4 Å². The number of hydrogen-bond acceptors (Lipinski definition) is 4. The third-order valence-electron chi connectivity index (χ3n) is 11.4. The van der Waals surface area contributed by atoms with E-state index in [9.17, 15) is 0 Å². The summed E-state index contributed by atoms with van der Waals surface area (Å²) in [6, 6.07) is 56.7. The van der Waals surface area contributed by atoms with Crippen LogP contribution in [-0.4, -0.2) is 14.4 Å². The predicted octanol–water partition coefficient (Wildman–Crippen LogP) is 15.0. The molecule has 0 amide bonds. The lowest BCUT2D eigenvalue weighted by Crippen LogP contribution is -2.14. The molecule has 6 aromatic carbocycles. The highest BCUT2D eigenvalue weighted by Gasteiger charge is 2.23. The van der Waals surface area contributed by atoms with Gasteiger partial charge in [0.25, 0.3) is 0 Å². The van der Waals surface area contributed by atoms with E-state index in [2.05, 4.69) is 220 Å². The van der Waals surface area contributed by atoms with Crippen LogP contribution in [0.2, 0.25) is 0 Å². The van der Waals surface area contributed by atoms with Crippen molar-refractivity contribution in [3.8, 4) is 11.3 Å². The van der Waals surface area contributed by atoms with E-state index >= 15 is 0 Å². The molecule has 0 saturated heterocycles. The average molecular weight is 756 g/mol. The van der Waals surface area contributed by atoms with Crippen molar-refractivity contribution in [2.45, 2.75) is 59.3 Å². The van der Waals surface area contributed by atoms with E-state index in [4.69, 9.17) is 9.97 Å². The van der Waals surface area contributed by atoms with Crippen LogP contribution < -0.4 is 9.80 Å². The molecule has 9 rings (SSSR count). The number of fused-ring (bicyclic) bond motifs is 6. The highest BCUT2D eigenvalue weighted by Crippen LogP contribution is 2.44. The van der Waals surface area contributed by atoms with Crippen LogP contribution in [0.1, 0.15) is 76.0 Å². The van der Waals surface area contributed by atoms with Crippen LogP contribution in [-0.2, 0) is 0 Å². The molecular formula is C53H49N5. The van der Waals surface area contributed by atoms with Crippen LogP contribution in [0, 0.1) is 0 Å². The summed E-state index contributed by atoms with van der Waals surface area (Å²) in [6.07, 6.45) is 4.02. The summed E-state index contributed by atoms with van der Waals surface area (Å²) in [5, 5.41) is 3.48. The predicted molar refractivity (Wildman–Crippen MR) is 245 cm³/mol. The van der Waals surface area contributed by atoms with Crippen LogP contribution in [0.4, 0.5) is 34.3 Å². The van der Waals surface area contributed by atoms with Gasteiger partial charge in [0.15, 0.2) is 0 Å². The molecule has 0 spiro atoms. The summed E-state index contributed by atoms with van der Waals surface area (Å²) in [5.74, 6) is 1.99. The maximum atomic E-state index is 5.27. The number of benzene rings is 6. The zero-order chi connectivity index (χ0) is 39.9. The van der Waals surface area contributed by atoms with Gasteiger partial charge in [0, 0.05) is 51.0 Å². The van der Waals surface area contributed by atoms with Crippen LogP contribution >= 0.6 is 0 Å². The van der Waals surface area contributed by atoms with E-state index in [1.165, 1.54) is 33.0 Å². The molecule has 58 heavy (non-hydrogen) atoms. The summed E-state index contributed by atoms with van der Waals surface area (Å²) in [7, 11) is 0. The van der Waals surface area contributed by atoms with Gasteiger partial charge in [0.2, 0.25) is 0 Å². The number of nitrogens with zero attached hydrogens (tertiary/aromatic N) is 5. The Morgan fingerprint density at radius 3 is 1.71 bits per heavy atom. The molecule has 286 valence electrons. The van der Waals surface area contributed by atoms with E-state index < -0.39 is 0 Å². The van der Waals surface area contributed by atoms with Crippen LogP contribution in [0.15, 0.2) is 170 Å². The minimum absolute atomic E-state index is 0.362. The van der Waals surface area contributed by atoms with E-state index in [1.807, 2.05) is 6.20 Å². The molecule has 0 N–H and O–H groups in total. The number of anilines is 6. The van der Waals surface area contributed by atoms with Gasteiger partial charge in [-0.1, -0.05) is 126 Å². The second-order valence-electron chi connectivity index (χ2n) is 16.1. The van der Waals surface area contributed by atoms with Crippen molar-refractivity contribution in [3.05, 3.63) is 187 Å². The van der Waals surface area contributed by atoms with Crippen molar-refractivity contribution in [2.75, 3.05) is 9.80 Å². The molecule has 5 nitrogen and oxygen atoms in total. The van der Waals surface area contributed by atoms with E-state index in [0.29, 0.717) is 17.8 Å². The third kappa shape index (κ3) is 6.56. The SMILES string of the molecule is CC(C)c1ccnc(N(c2ccccc2)c2cccc(N(c3ccccc3)c3ccc4c5ccccc5n5c(-c6c(C(C)C)cccc6C(C)C)cnc5c4c3)c2)c1. The molecule has 0 radical (unpaired) electrons. The van der Waals surface area contributed by atoms with Crippen LogP contribution in [0.25, 0.3) is 38.6 Å². The van der Waals surface area contributed by atoms with Crippen LogP contribution in [0.3, 0.4) is 0 Å². The van der Waals surface area contributed by atoms with E-state index in [1.54, 1.807) is 0 Å². The second kappa shape index (κ2) is 15.3. The standard InChI is InChI=1S/C53H49N5/c1-35(2)38-29-30-54-51(31-38)57(40-19-11-8-12-20-40)42-22-15-21-41(32-42)56(39-17-9-7-10-18-39)43-27-28-46-47-23-13-14-26-49(47)58-50(34-55-53(58)48(46)33-43)52-44(36(3)4)24-16-25-45(52)37(5)6/h7-37H,1-6H3. The molecule has 5 heteroatoms. The van der Waals surface area contributed by atoms with Crippen molar-refractivity contribution < 1.29 is 0 Å². The Balaban J connectivity index is 1.27. The molecular weight excluding hydrogens is 707 g/mol. The summed E-state index contributed by atoms with van der Waals surface area (Å²) in [6.45, 7) is 13.6. The minimum atomic E-state index is 0.362. The van der Waals surface area contributed by atoms with Gasteiger partial charge < -0.3 is 4.90 Å². The fourth-order valence-electron chi connectivity index (χ4n) is 8.50. The Kier molecular flexibility index (Phi) is 9.74. The Morgan fingerprint density at radius 1 is 0.448 bits per heavy atom. The molecule has 0 atom stereocenters. The number of rotatable bonds is 10. The Bertz CT molecular complexity index is 2860. The topological polar surface area (TPSA) is 36.7 Å². The zero-order valence-electron chi connectivity index (χ0n) is 34.1. The lowest BCUT2D eigenvalue weighted by Gasteiger charge is -2.29. The van der Waals surface area contributed by atoms with Crippen molar-refractivity contribution in [3.63, 3.8) is 0 Å². The summed E-state index contributed by atoms with van der Waals surface area (Å²) >= 11 is 0. The second-order valence-corrected chi connectivity index (χ2v) is 16.1. The fraction of sp³-hybridized carbons (Fsp3) is 0.170. The minimum Gasteiger partial charge on any atom is -0.310 e. The molecule has 9 aromatic rings. The van der Waals surface area contributed by atoms with Crippen LogP contribution in [0.5, 0.6) is 0 Å². The Morgan fingerprint density at radius 2 is 1.03 bits per heavy atom. The molecule has 3 heterocycles. The number of aromatic nitrogens is 3. The first-order valence-electron chi connectivity index (χ1n) is 20.5. The van der Waals surface area contributed by atoms with Gasteiger partial charge in [-0.05, 0) is 113 Å². The van der Waals surface area contributed by atoms with Gasteiger partial charge in [-0.3, -0.25) is 9.30 Å². The van der Waals surface area contributed by atoms with Crippen molar-refractivity contribution in [2.24, 2.45) is 0 Å². The van der Waals surface area contributed by atoms with Crippen molar-refractivity contribution in [1.29, 1.82) is 0 Å². The maximum absolute atomic E-state index is 5.27. The quantitative estimate of drug-likeness (QED) is 0.130. The van der Waals surface area contributed by atoms with Gasteiger partial charge in [-0.15, -0.1) is 0 Å². The summed E-state index contributed by atoms with van der Waals surface area (Å²) in [4.78, 5) is 14.8. The smallest absolute Gasteiger partial charge is 0.145 e. The Hall–Kier alpha value is -6.72. The molecule has 0 fully saturated rings. The molecule has 0 aliphatic rings. The average Bonchev–Trinajstić information content (AvgIpc) is 3.70. The molecule has 0 bridgehead atoms. The summed E-state index contributed by atoms with van der Waals surface area (Å²) < 4.78 is 2.40. The lowest BCUT2D eigenvalue weighted by molar-refractivity contribution is 0.836. The molecule has 0 saturated carbocycles. The number of pyridine rings is 2. The van der Waals surface area contributed by atoms with Crippen molar-refractivity contribution in [1.82, 2.24) is 14.4 Å². The van der Waals surface area contributed by atoms with Gasteiger partial charge in [0.1, 0.15) is 11.5 Å². The number of imidazole rings is 1. The van der Waals surface area contributed by atoms with Gasteiger partial charge in [-0.25, -0.2) is 9.97 Å². The fourth-order valence-corrected chi connectivity index (χ4v) is 8.50. The molecule has 3 aromatic heterocycles. The van der Waals surface area contributed by atoms with E-state index in [-0.39, 0.29) is 0 Å². The first-order chi connectivity index (χ1) is 28.3. The number of hydrogen-bond donors (Lipinski definition) is 0. The first-order valence-corrected chi connectivity index (χ1v) is 20.5. The normalized spacial score (nSPS) is 11.7. The monoisotopic (exact) mass is 755 g/mol.